The first kappa shape index (κ1) is 24.4. The maximum atomic E-state index is 13.9. The van der Waals surface area contributed by atoms with Crippen molar-refractivity contribution in [1.82, 2.24) is 14.7 Å². The molecule has 1 saturated heterocycles. The smallest absolute Gasteiger partial charge is 0.358 e. The lowest BCUT2D eigenvalue weighted by molar-refractivity contribution is -0.135. The van der Waals surface area contributed by atoms with Crippen LogP contribution in [0.1, 0.15) is 37.7 Å². The van der Waals surface area contributed by atoms with E-state index in [2.05, 4.69) is 10.00 Å². The fourth-order valence-electron chi connectivity index (χ4n) is 4.21. The summed E-state index contributed by atoms with van der Waals surface area (Å²) in [4.78, 5) is 29.0. The Morgan fingerprint density at radius 3 is 2.34 bits per heavy atom. The van der Waals surface area contributed by atoms with Crippen LogP contribution in [-0.2, 0) is 9.53 Å². The number of amides is 1. The van der Waals surface area contributed by atoms with E-state index < -0.39 is 5.97 Å². The SMILES string of the molecule is CCOC(=O)c1cc(-c2ccc(N3CCN(C(=O)[C@@H](C)CC)CC3)cc2)n(-c2cccc(F)c2)n1. The Hall–Kier alpha value is -3.68. The quantitative estimate of drug-likeness (QED) is 0.466. The summed E-state index contributed by atoms with van der Waals surface area (Å²) in [5, 5.41) is 4.40. The molecule has 1 aliphatic rings. The number of rotatable bonds is 7. The zero-order chi connectivity index (χ0) is 24.9. The molecule has 1 aromatic heterocycles. The molecule has 3 aromatic rings. The van der Waals surface area contributed by atoms with E-state index in [1.165, 1.54) is 12.1 Å². The van der Waals surface area contributed by atoms with Gasteiger partial charge in [0.25, 0.3) is 0 Å². The van der Waals surface area contributed by atoms with E-state index in [1.54, 1.807) is 29.8 Å². The molecule has 0 spiro atoms. The van der Waals surface area contributed by atoms with E-state index in [-0.39, 0.29) is 29.9 Å². The van der Waals surface area contributed by atoms with Crippen LogP contribution in [0.15, 0.2) is 54.6 Å². The van der Waals surface area contributed by atoms with E-state index in [0.29, 0.717) is 24.5 Å². The second-order valence-corrected chi connectivity index (χ2v) is 8.70. The van der Waals surface area contributed by atoms with E-state index in [0.717, 1.165) is 30.8 Å². The van der Waals surface area contributed by atoms with Crippen molar-refractivity contribution in [3.8, 4) is 16.9 Å². The van der Waals surface area contributed by atoms with Gasteiger partial charge < -0.3 is 14.5 Å². The van der Waals surface area contributed by atoms with Crippen LogP contribution in [0.25, 0.3) is 16.9 Å². The predicted octanol–water partition coefficient (Wildman–Crippen LogP) is 4.55. The average Bonchev–Trinajstić information content (AvgIpc) is 3.34. The number of benzene rings is 2. The topological polar surface area (TPSA) is 67.7 Å². The van der Waals surface area contributed by atoms with Gasteiger partial charge in [0.2, 0.25) is 5.91 Å². The number of aromatic nitrogens is 2. The Balaban J connectivity index is 1.56. The Bertz CT molecular complexity index is 1180. The number of halogens is 1. The summed E-state index contributed by atoms with van der Waals surface area (Å²) in [5.41, 5.74) is 3.24. The van der Waals surface area contributed by atoms with Crippen LogP contribution in [0.2, 0.25) is 0 Å². The van der Waals surface area contributed by atoms with Crippen molar-refractivity contribution < 1.29 is 18.7 Å². The van der Waals surface area contributed by atoms with E-state index in [9.17, 15) is 14.0 Å². The van der Waals surface area contributed by atoms with Crippen molar-refractivity contribution in [1.29, 1.82) is 0 Å². The molecule has 0 unspecified atom stereocenters. The number of anilines is 1. The van der Waals surface area contributed by atoms with Crippen molar-refractivity contribution in [2.45, 2.75) is 27.2 Å². The first-order chi connectivity index (χ1) is 16.9. The van der Waals surface area contributed by atoms with Crippen LogP contribution in [0.5, 0.6) is 0 Å². The van der Waals surface area contributed by atoms with Crippen molar-refractivity contribution in [2.75, 3.05) is 37.7 Å². The summed E-state index contributed by atoms with van der Waals surface area (Å²) in [6.07, 6.45) is 0.852. The third-order valence-electron chi connectivity index (χ3n) is 6.40. The molecule has 4 rings (SSSR count). The van der Waals surface area contributed by atoms with Crippen LogP contribution in [0.3, 0.4) is 0 Å². The highest BCUT2D eigenvalue weighted by molar-refractivity contribution is 5.89. The second-order valence-electron chi connectivity index (χ2n) is 8.70. The fourth-order valence-corrected chi connectivity index (χ4v) is 4.21. The minimum absolute atomic E-state index is 0.0586. The first-order valence-corrected chi connectivity index (χ1v) is 12.1. The molecule has 0 bridgehead atoms. The van der Waals surface area contributed by atoms with Crippen molar-refractivity contribution in [2.24, 2.45) is 5.92 Å². The third-order valence-corrected chi connectivity index (χ3v) is 6.40. The molecule has 2 aromatic carbocycles. The number of esters is 1. The number of hydrogen-bond acceptors (Lipinski definition) is 5. The van der Waals surface area contributed by atoms with Gasteiger partial charge in [0.05, 0.1) is 18.0 Å². The van der Waals surface area contributed by atoms with Gasteiger partial charge in [0.15, 0.2) is 5.69 Å². The Morgan fingerprint density at radius 2 is 1.71 bits per heavy atom. The van der Waals surface area contributed by atoms with Crippen molar-refractivity contribution in [3.63, 3.8) is 0 Å². The fraction of sp³-hybridized carbons (Fsp3) is 0.370. The molecule has 7 nitrogen and oxygen atoms in total. The van der Waals surface area contributed by atoms with Crippen LogP contribution < -0.4 is 4.90 Å². The van der Waals surface area contributed by atoms with Gasteiger partial charge in [-0.05, 0) is 49.7 Å². The average molecular weight is 479 g/mol. The normalized spacial score (nSPS) is 14.6. The van der Waals surface area contributed by atoms with Gasteiger partial charge in [-0.1, -0.05) is 32.0 Å². The summed E-state index contributed by atoms with van der Waals surface area (Å²) >= 11 is 0. The Labute approximate surface area is 205 Å². The minimum atomic E-state index is -0.523. The molecule has 0 aliphatic carbocycles. The Morgan fingerprint density at radius 1 is 1.00 bits per heavy atom. The molecule has 0 radical (unpaired) electrons. The standard InChI is InChI=1S/C27H31FN4O3/c1-4-19(3)26(33)31-15-13-30(14-16-31)22-11-9-20(10-12-22)25-18-24(27(34)35-5-2)29-32(25)23-8-6-7-21(28)17-23/h6-12,17-19H,4-5,13-16H2,1-3H3/t19-/m0/s1. The number of hydrogen-bond donors (Lipinski definition) is 0. The number of carbonyl (C=O) groups is 2. The predicted molar refractivity (Wildman–Crippen MR) is 133 cm³/mol. The summed E-state index contributed by atoms with van der Waals surface area (Å²) in [6, 6.07) is 15.7. The van der Waals surface area contributed by atoms with Crippen molar-refractivity contribution >= 4 is 17.6 Å². The molecule has 0 N–H and O–H groups in total. The van der Waals surface area contributed by atoms with Gasteiger partial charge in [0.1, 0.15) is 5.82 Å². The van der Waals surface area contributed by atoms with E-state index >= 15 is 0 Å². The summed E-state index contributed by atoms with van der Waals surface area (Å²) < 4.78 is 20.6. The number of nitrogens with zero attached hydrogens (tertiary/aromatic N) is 4. The number of piperazine rings is 1. The molecule has 1 aliphatic heterocycles. The van der Waals surface area contributed by atoms with Gasteiger partial charge in [-0.3, -0.25) is 4.79 Å². The maximum absolute atomic E-state index is 13.9. The van der Waals surface area contributed by atoms with Gasteiger partial charge in [-0.25, -0.2) is 13.9 Å². The highest BCUT2D eigenvalue weighted by Crippen LogP contribution is 2.28. The molecular formula is C27H31FN4O3. The molecule has 0 saturated carbocycles. The Kier molecular flexibility index (Phi) is 7.48. The first-order valence-electron chi connectivity index (χ1n) is 12.1. The molecule has 1 atom stereocenters. The van der Waals surface area contributed by atoms with Gasteiger partial charge in [-0.15, -0.1) is 0 Å². The van der Waals surface area contributed by atoms with Crippen LogP contribution in [0.4, 0.5) is 10.1 Å². The minimum Gasteiger partial charge on any atom is -0.461 e. The van der Waals surface area contributed by atoms with Gasteiger partial charge >= 0.3 is 5.97 Å². The lowest BCUT2D eigenvalue weighted by atomic mass is 10.1. The molecular weight excluding hydrogens is 447 g/mol. The lowest BCUT2D eigenvalue weighted by Crippen LogP contribution is -2.50. The van der Waals surface area contributed by atoms with Crippen LogP contribution >= 0.6 is 0 Å². The zero-order valence-corrected chi connectivity index (χ0v) is 20.4. The highest BCUT2D eigenvalue weighted by Gasteiger charge is 2.24. The van der Waals surface area contributed by atoms with Gasteiger partial charge in [-0.2, -0.15) is 5.10 Å². The van der Waals surface area contributed by atoms with Crippen molar-refractivity contribution in [3.05, 3.63) is 66.1 Å². The van der Waals surface area contributed by atoms with Gasteiger partial charge in [0, 0.05) is 43.3 Å². The molecule has 2 heterocycles. The lowest BCUT2D eigenvalue weighted by Gasteiger charge is -2.37. The zero-order valence-electron chi connectivity index (χ0n) is 20.4. The van der Waals surface area contributed by atoms with Crippen LogP contribution in [-0.4, -0.2) is 59.3 Å². The molecule has 8 heteroatoms. The highest BCUT2D eigenvalue weighted by atomic mass is 19.1. The molecule has 184 valence electrons. The summed E-state index contributed by atoms with van der Waals surface area (Å²) in [7, 11) is 0. The molecule has 1 amide bonds. The third kappa shape index (κ3) is 5.37. The maximum Gasteiger partial charge on any atom is 0.358 e. The number of carbonyl (C=O) groups excluding carboxylic acids is 2. The van der Waals surface area contributed by atoms with Crippen LogP contribution in [0, 0.1) is 11.7 Å². The largest absolute Gasteiger partial charge is 0.461 e. The molecule has 35 heavy (non-hydrogen) atoms. The molecule has 1 fully saturated rings. The monoisotopic (exact) mass is 478 g/mol. The second kappa shape index (κ2) is 10.7. The summed E-state index contributed by atoms with van der Waals surface area (Å²) in [6.45, 7) is 8.96. The number of ether oxygens (including phenoxy) is 1. The summed E-state index contributed by atoms with van der Waals surface area (Å²) in [5.74, 6) is -0.623. The van der Waals surface area contributed by atoms with E-state index in [1.807, 2.05) is 43.0 Å². The van der Waals surface area contributed by atoms with E-state index in [4.69, 9.17) is 4.74 Å².